The van der Waals surface area contributed by atoms with Gasteiger partial charge in [0.2, 0.25) is 0 Å². The molecule has 0 N–H and O–H groups in total. The molecule has 0 bridgehead atoms. The maximum atomic E-state index is 4.61. The van der Waals surface area contributed by atoms with Gasteiger partial charge in [0.15, 0.2) is 0 Å². The Morgan fingerprint density at radius 3 is 2.38 bits per heavy atom. The van der Waals surface area contributed by atoms with E-state index in [1.54, 1.807) is 0 Å². The first-order valence-corrected chi connectivity index (χ1v) is 12.8. The fourth-order valence-corrected chi connectivity index (χ4v) is 6.39. The molecule has 0 fully saturated rings. The van der Waals surface area contributed by atoms with Crippen LogP contribution in [0, 0.1) is 0 Å². The third-order valence-corrected chi connectivity index (χ3v) is 8.12. The fourth-order valence-electron chi connectivity index (χ4n) is 6.39. The summed E-state index contributed by atoms with van der Waals surface area (Å²) in [5, 5.41) is 3.81. The highest BCUT2D eigenvalue weighted by atomic mass is 15.1. The maximum Gasteiger partial charge on any atom is 0.0788 e. The van der Waals surface area contributed by atoms with Crippen LogP contribution in [0.15, 0.2) is 115 Å². The molecule has 3 heteroatoms. The van der Waals surface area contributed by atoms with Gasteiger partial charge in [0.05, 0.1) is 27.9 Å². The topological polar surface area (TPSA) is 22.8 Å². The second-order valence-electron chi connectivity index (χ2n) is 10.5. The minimum Gasteiger partial charge on any atom is -0.310 e. The fraction of sp³-hybridized carbons (Fsp3) is 0.0882. The van der Waals surface area contributed by atoms with Crippen molar-refractivity contribution in [3.8, 4) is 22.6 Å². The van der Waals surface area contributed by atoms with Crippen LogP contribution >= 0.6 is 0 Å². The summed E-state index contributed by atoms with van der Waals surface area (Å²) >= 11 is 0. The predicted octanol–water partition coefficient (Wildman–Crippen LogP) is 8.43. The first-order chi connectivity index (χ1) is 18.1. The van der Waals surface area contributed by atoms with Gasteiger partial charge in [0.1, 0.15) is 0 Å². The summed E-state index contributed by atoms with van der Waals surface area (Å²) in [6, 6.07) is 39.4. The second kappa shape index (κ2) is 7.21. The summed E-state index contributed by atoms with van der Waals surface area (Å²) < 4.78 is 4.95. The smallest absolute Gasteiger partial charge is 0.0788 e. The molecule has 0 spiro atoms. The molecule has 4 heterocycles. The van der Waals surface area contributed by atoms with E-state index in [9.17, 15) is 0 Å². The highest BCUT2D eigenvalue weighted by Crippen LogP contribution is 2.48. The van der Waals surface area contributed by atoms with Gasteiger partial charge in [-0.05, 0) is 48.0 Å². The zero-order valence-corrected chi connectivity index (χ0v) is 20.8. The molecule has 1 aliphatic rings. The molecule has 37 heavy (non-hydrogen) atoms. The molecule has 176 valence electrons. The Hall–Kier alpha value is -4.63. The molecule has 0 atom stereocenters. The van der Waals surface area contributed by atoms with Crippen LogP contribution in [0.5, 0.6) is 0 Å². The van der Waals surface area contributed by atoms with E-state index in [-0.39, 0.29) is 5.41 Å². The standard InChI is InChI=1S/C34H25N3/c1-34(2)27-13-4-6-16-30(27)37-31(34)21-23-17-18-26-25-12-3-5-15-29(25)36(33(26)32(23)37)24-11-9-10-22(20-24)28-14-7-8-19-35-28/h3-21H,1-2H3. The van der Waals surface area contributed by atoms with Gasteiger partial charge < -0.3 is 9.13 Å². The molecule has 0 radical (unpaired) electrons. The minimum absolute atomic E-state index is 0.0579. The lowest BCUT2D eigenvalue weighted by Gasteiger charge is -2.18. The quantitative estimate of drug-likeness (QED) is 0.246. The number of hydrogen-bond acceptors (Lipinski definition) is 1. The zero-order valence-electron chi connectivity index (χ0n) is 20.8. The molecule has 0 aliphatic carbocycles. The Balaban J connectivity index is 1.54. The van der Waals surface area contributed by atoms with Crippen LogP contribution in [0.25, 0.3) is 55.3 Å². The highest BCUT2D eigenvalue weighted by molar-refractivity contribution is 6.18. The summed E-state index contributed by atoms with van der Waals surface area (Å²) in [5.41, 5.74) is 10.9. The minimum atomic E-state index is -0.0579. The molecule has 7 aromatic rings. The van der Waals surface area contributed by atoms with Gasteiger partial charge >= 0.3 is 0 Å². The molecule has 0 saturated carbocycles. The Kier molecular flexibility index (Phi) is 4.00. The van der Waals surface area contributed by atoms with Crippen LogP contribution in [-0.2, 0) is 5.41 Å². The van der Waals surface area contributed by atoms with Crippen molar-refractivity contribution >= 4 is 32.7 Å². The summed E-state index contributed by atoms with van der Waals surface area (Å²) in [6.07, 6.45) is 1.86. The van der Waals surface area contributed by atoms with Gasteiger partial charge in [-0.3, -0.25) is 4.98 Å². The van der Waals surface area contributed by atoms with E-state index in [0.717, 1.165) is 16.9 Å². The average molecular weight is 476 g/mol. The first-order valence-electron chi connectivity index (χ1n) is 12.8. The summed E-state index contributed by atoms with van der Waals surface area (Å²) in [7, 11) is 0. The Morgan fingerprint density at radius 1 is 0.649 bits per heavy atom. The van der Waals surface area contributed by atoms with Crippen molar-refractivity contribution in [3.05, 3.63) is 127 Å². The lowest BCUT2D eigenvalue weighted by Crippen LogP contribution is -2.14. The van der Waals surface area contributed by atoms with Crippen LogP contribution in [0.1, 0.15) is 25.1 Å². The number of pyridine rings is 1. The van der Waals surface area contributed by atoms with Crippen molar-refractivity contribution in [1.29, 1.82) is 0 Å². The monoisotopic (exact) mass is 475 g/mol. The van der Waals surface area contributed by atoms with E-state index in [4.69, 9.17) is 0 Å². The summed E-state index contributed by atoms with van der Waals surface area (Å²) in [5.74, 6) is 0. The van der Waals surface area contributed by atoms with Gasteiger partial charge in [-0.1, -0.05) is 80.6 Å². The normalized spacial score (nSPS) is 13.9. The molecule has 0 amide bonds. The van der Waals surface area contributed by atoms with Crippen molar-refractivity contribution < 1.29 is 0 Å². The van der Waals surface area contributed by atoms with Crippen molar-refractivity contribution in [2.45, 2.75) is 19.3 Å². The number of rotatable bonds is 2. The maximum absolute atomic E-state index is 4.61. The van der Waals surface area contributed by atoms with Crippen molar-refractivity contribution in [3.63, 3.8) is 0 Å². The zero-order chi connectivity index (χ0) is 24.7. The molecular formula is C34H25N3. The third kappa shape index (κ3) is 2.69. The molecule has 8 rings (SSSR count). The predicted molar refractivity (Wildman–Crippen MR) is 153 cm³/mol. The van der Waals surface area contributed by atoms with E-state index in [1.165, 1.54) is 49.7 Å². The highest BCUT2D eigenvalue weighted by Gasteiger charge is 2.37. The summed E-state index contributed by atoms with van der Waals surface area (Å²) in [6.45, 7) is 4.68. The summed E-state index contributed by atoms with van der Waals surface area (Å²) in [4.78, 5) is 4.61. The lowest BCUT2D eigenvalue weighted by molar-refractivity contribution is 0.645. The number of benzene rings is 4. The average Bonchev–Trinajstić information content (AvgIpc) is 3.56. The number of hydrogen-bond donors (Lipinski definition) is 0. The van der Waals surface area contributed by atoms with Crippen LogP contribution in [0.3, 0.4) is 0 Å². The number of fused-ring (bicyclic) bond motifs is 9. The van der Waals surface area contributed by atoms with Crippen LogP contribution in [-0.4, -0.2) is 14.1 Å². The SMILES string of the molecule is CC1(C)c2ccccc2-n2c1cc1ccc3c4ccccc4n(-c4cccc(-c5ccccn5)c4)c3c12. The van der Waals surface area contributed by atoms with Gasteiger partial charge in [0.25, 0.3) is 0 Å². The molecule has 4 aromatic carbocycles. The Morgan fingerprint density at radius 2 is 1.49 bits per heavy atom. The van der Waals surface area contributed by atoms with Gasteiger partial charge in [-0.15, -0.1) is 0 Å². The molecule has 3 nitrogen and oxygen atoms in total. The Labute approximate surface area is 215 Å². The van der Waals surface area contributed by atoms with E-state index in [0.29, 0.717) is 0 Å². The van der Waals surface area contributed by atoms with E-state index < -0.39 is 0 Å². The molecular weight excluding hydrogens is 450 g/mol. The molecule has 1 aliphatic heterocycles. The van der Waals surface area contributed by atoms with Gasteiger partial charge in [-0.2, -0.15) is 0 Å². The van der Waals surface area contributed by atoms with E-state index in [1.807, 2.05) is 18.3 Å². The van der Waals surface area contributed by atoms with E-state index >= 15 is 0 Å². The first kappa shape index (κ1) is 20.6. The molecule has 3 aromatic heterocycles. The number of aromatic nitrogens is 3. The van der Waals surface area contributed by atoms with Crippen molar-refractivity contribution in [2.75, 3.05) is 0 Å². The van der Waals surface area contributed by atoms with Crippen LogP contribution < -0.4 is 0 Å². The van der Waals surface area contributed by atoms with Crippen LogP contribution in [0.2, 0.25) is 0 Å². The van der Waals surface area contributed by atoms with Gasteiger partial charge in [0, 0.05) is 44.7 Å². The van der Waals surface area contributed by atoms with E-state index in [2.05, 4.69) is 125 Å². The van der Waals surface area contributed by atoms with Crippen molar-refractivity contribution in [1.82, 2.24) is 14.1 Å². The lowest BCUT2D eigenvalue weighted by atomic mass is 9.83. The van der Waals surface area contributed by atoms with Crippen molar-refractivity contribution in [2.24, 2.45) is 0 Å². The third-order valence-electron chi connectivity index (χ3n) is 8.12. The largest absolute Gasteiger partial charge is 0.310 e. The number of para-hydroxylation sites is 2. The second-order valence-corrected chi connectivity index (χ2v) is 10.5. The number of nitrogens with zero attached hydrogens (tertiary/aromatic N) is 3. The van der Waals surface area contributed by atoms with Crippen LogP contribution in [0.4, 0.5) is 0 Å². The molecule has 0 unspecified atom stereocenters. The Bertz CT molecular complexity index is 2000. The molecule has 0 saturated heterocycles. The van der Waals surface area contributed by atoms with Gasteiger partial charge in [-0.25, -0.2) is 0 Å².